The molecule has 1 fully saturated rings. The second-order valence-corrected chi connectivity index (χ2v) is 7.98. The zero-order valence-electron chi connectivity index (χ0n) is 15.3. The molecule has 1 N–H and O–H groups in total. The molecule has 1 aliphatic heterocycles. The first-order valence-corrected chi connectivity index (χ1v) is 9.88. The minimum Gasteiger partial charge on any atom is -0.324 e. The summed E-state index contributed by atoms with van der Waals surface area (Å²) >= 11 is 1.64. The monoisotopic (exact) mass is 368 g/mol. The smallest absolute Gasteiger partial charge is 0.248 e. The third kappa shape index (κ3) is 3.93. The van der Waals surface area contributed by atoms with Crippen LogP contribution in [0, 0.1) is 12.8 Å². The Kier molecular flexibility index (Phi) is 5.67. The number of benzene rings is 2. The lowest BCUT2D eigenvalue weighted by Crippen LogP contribution is -2.46. The fourth-order valence-electron chi connectivity index (χ4n) is 3.01. The lowest BCUT2D eigenvalue weighted by atomic mass is 10.1. The first-order chi connectivity index (χ1) is 12.5. The number of hydrogen-bond acceptors (Lipinski definition) is 3. The second-order valence-electron chi connectivity index (χ2n) is 6.87. The molecule has 0 radical (unpaired) electrons. The SMILES string of the molecule is Cc1ccc(NC(=O)[C@H]2CS[C@@H](c3ccccc3)N2C(=O)C(C)C)cc1. The first kappa shape index (κ1) is 18.5. The van der Waals surface area contributed by atoms with Gasteiger partial charge in [-0.15, -0.1) is 11.8 Å². The quantitative estimate of drug-likeness (QED) is 0.878. The van der Waals surface area contributed by atoms with Crippen molar-refractivity contribution >= 4 is 29.3 Å². The topological polar surface area (TPSA) is 49.4 Å². The summed E-state index contributed by atoms with van der Waals surface area (Å²) in [4.78, 5) is 27.5. The molecule has 2 amide bonds. The van der Waals surface area contributed by atoms with Crippen molar-refractivity contribution in [2.45, 2.75) is 32.2 Å². The van der Waals surface area contributed by atoms with Gasteiger partial charge in [0.25, 0.3) is 0 Å². The van der Waals surface area contributed by atoms with Gasteiger partial charge in [-0.3, -0.25) is 9.59 Å². The van der Waals surface area contributed by atoms with Gasteiger partial charge in [0.15, 0.2) is 0 Å². The zero-order chi connectivity index (χ0) is 18.7. The van der Waals surface area contributed by atoms with Crippen molar-refractivity contribution in [2.24, 2.45) is 5.92 Å². The molecule has 0 bridgehead atoms. The summed E-state index contributed by atoms with van der Waals surface area (Å²) in [5.74, 6) is 0.312. The minimum absolute atomic E-state index is 0.00732. The molecular weight excluding hydrogens is 344 g/mol. The molecule has 1 heterocycles. The van der Waals surface area contributed by atoms with Crippen LogP contribution < -0.4 is 5.32 Å². The van der Waals surface area contributed by atoms with Gasteiger partial charge in [-0.2, -0.15) is 0 Å². The van der Waals surface area contributed by atoms with E-state index in [4.69, 9.17) is 0 Å². The normalized spacial score (nSPS) is 19.6. The van der Waals surface area contributed by atoms with Crippen molar-refractivity contribution in [1.29, 1.82) is 0 Å². The van der Waals surface area contributed by atoms with Crippen LogP contribution in [-0.2, 0) is 9.59 Å². The Morgan fingerprint density at radius 1 is 1.08 bits per heavy atom. The number of nitrogens with zero attached hydrogens (tertiary/aromatic N) is 1. The van der Waals surface area contributed by atoms with Gasteiger partial charge in [-0.1, -0.05) is 61.9 Å². The fourth-order valence-corrected chi connectivity index (χ4v) is 4.45. The number of anilines is 1. The summed E-state index contributed by atoms with van der Waals surface area (Å²) in [6, 6.07) is 17.1. The Hall–Kier alpha value is -2.27. The van der Waals surface area contributed by atoms with E-state index in [1.807, 2.05) is 75.4 Å². The number of amides is 2. The van der Waals surface area contributed by atoms with Gasteiger partial charge in [-0.25, -0.2) is 0 Å². The summed E-state index contributed by atoms with van der Waals surface area (Å²) in [5, 5.41) is 2.84. The summed E-state index contributed by atoms with van der Waals surface area (Å²) in [6.45, 7) is 5.76. The molecule has 26 heavy (non-hydrogen) atoms. The minimum atomic E-state index is -0.471. The number of carbonyl (C=O) groups is 2. The van der Waals surface area contributed by atoms with Crippen LogP contribution in [0.1, 0.15) is 30.3 Å². The van der Waals surface area contributed by atoms with Crippen molar-refractivity contribution in [3.63, 3.8) is 0 Å². The molecule has 1 aliphatic rings. The van der Waals surface area contributed by atoms with E-state index in [0.717, 1.165) is 16.8 Å². The van der Waals surface area contributed by atoms with E-state index in [-0.39, 0.29) is 23.1 Å². The molecule has 1 saturated heterocycles. The summed E-state index contributed by atoms with van der Waals surface area (Å²) in [7, 11) is 0. The lowest BCUT2D eigenvalue weighted by Gasteiger charge is -2.30. The average Bonchev–Trinajstić information content (AvgIpc) is 3.08. The summed E-state index contributed by atoms with van der Waals surface area (Å²) in [5.41, 5.74) is 2.95. The van der Waals surface area contributed by atoms with E-state index in [0.29, 0.717) is 5.75 Å². The van der Waals surface area contributed by atoms with Gasteiger partial charge < -0.3 is 10.2 Å². The van der Waals surface area contributed by atoms with Crippen LogP contribution in [-0.4, -0.2) is 28.5 Å². The highest BCUT2D eigenvalue weighted by Gasteiger charge is 2.42. The van der Waals surface area contributed by atoms with E-state index in [1.54, 1.807) is 16.7 Å². The molecule has 0 aliphatic carbocycles. The van der Waals surface area contributed by atoms with E-state index in [2.05, 4.69) is 5.32 Å². The highest BCUT2D eigenvalue weighted by molar-refractivity contribution is 7.99. The molecule has 2 aromatic carbocycles. The molecule has 3 rings (SSSR count). The Bertz CT molecular complexity index is 774. The van der Waals surface area contributed by atoms with E-state index >= 15 is 0 Å². The van der Waals surface area contributed by atoms with Gasteiger partial charge in [0.1, 0.15) is 11.4 Å². The van der Waals surface area contributed by atoms with Crippen molar-refractivity contribution < 1.29 is 9.59 Å². The van der Waals surface area contributed by atoms with E-state index in [1.165, 1.54) is 0 Å². The van der Waals surface area contributed by atoms with Gasteiger partial charge in [0.2, 0.25) is 11.8 Å². The van der Waals surface area contributed by atoms with Crippen LogP contribution in [0.4, 0.5) is 5.69 Å². The number of hydrogen-bond donors (Lipinski definition) is 1. The summed E-state index contributed by atoms with van der Waals surface area (Å²) in [6.07, 6.45) is 0. The van der Waals surface area contributed by atoms with Crippen molar-refractivity contribution in [2.75, 3.05) is 11.1 Å². The molecule has 2 atom stereocenters. The largest absolute Gasteiger partial charge is 0.324 e. The predicted molar refractivity (Wildman–Crippen MR) is 107 cm³/mol. The molecule has 5 heteroatoms. The molecule has 0 saturated carbocycles. The van der Waals surface area contributed by atoms with Crippen molar-refractivity contribution in [3.05, 3.63) is 65.7 Å². The molecule has 0 unspecified atom stereocenters. The van der Waals surface area contributed by atoms with Crippen LogP contribution in [0.3, 0.4) is 0 Å². The van der Waals surface area contributed by atoms with Gasteiger partial charge in [0.05, 0.1) is 0 Å². The number of carbonyl (C=O) groups excluding carboxylic acids is 2. The molecular formula is C21H24N2O2S. The fraction of sp³-hybridized carbons (Fsp3) is 0.333. The zero-order valence-corrected chi connectivity index (χ0v) is 16.1. The van der Waals surface area contributed by atoms with Gasteiger partial charge >= 0.3 is 0 Å². The molecule has 0 spiro atoms. The number of aryl methyl sites for hydroxylation is 1. The summed E-state index contributed by atoms with van der Waals surface area (Å²) < 4.78 is 0. The van der Waals surface area contributed by atoms with Gasteiger partial charge in [-0.05, 0) is 24.6 Å². The average molecular weight is 369 g/mol. The second kappa shape index (κ2) is 7.96. The van der Waals surface area contributed by atoms with Crippen LogP contribution >= 0.6 is 11.8 Å². The van der Waals surface area contributed by atoms with Crippen LogP contribution in [0.5, 0.6) is 0 Å². The number of thioether (sulfide) groups is 1. The lowest BCUT2D eigenvalue weighted by molar-refractivity contribution is -0.140. The van der Waals surface area contributed by atoms with Crippen molar-refractivity contribution in [1.82, 2.24) is 4.90 Å². The Balaban J connectivity index is 1.84. The van der Waals surface area contributed by atoms with E-state index < -0.39 is 6.04 Å². The third-order valence-corrected chi connectivity index (χ3v) is 5.78. The maximum absolute atomic E-state index is 12.9. The Morgan fingerprint density at radius 2 is 1.73 bits per heavy atom. The Morgan fingerprint density at radius 3 is 2.35 bits per heavy atom. The first-order valence-electron chi connectivity index (χ1n) is 8.83. The number of rotatable bonds is 4. The van der Waals surface area contributed by atoms with Crippen LogP contribution in [0.15, 0.2) is 54.6 Å². The molecule has 2 aromatic rings. The van der Waals surface area contributed by atoms with Crippen molar-refractivity contribution in [3.8, 4) is 0 Å². The highest BCUT2D eigenvalue weighted by atomic mass is 32.2. The Labute approximate surface area is 159 Å². The maximum Gasteiger partial charge on any atom is 0.248 e. The highest BCUT2D eigenvalue weighted by Crippen LogP contribution is 2.42. The maximum atomic E-state index is 12.9. The number of nitrogens with one attached hydrogen (secondary N) is 1. The third-order valence-electron chi connectivity index (χ3n) is 4.46. The van der Waals surface area contributed by atoms with Crippen LogP contribution in [0.25, 0.3) is 0 Å². The van der Waals surface area contributed by atoms with E-state index in [9.17, 15) is 9.59 Å². The molecule has 136 valence electrons. The van der Waals surface area contributed by atoms with Gasteiger partial charge in [0, 0.05) is 17.4 Å². The predicted octanol–water partition coefficient (Wildman–Crippen LogP) is 4.23. The molecule has 4 nitrogen and oxygen atoms in total. The standard InChI is InChI=1S/C21H24N2O2S/c1-14(2)20(25)23-18(13-26-21(23)16-7-5-4-6-8-16)19(24)22-17-11-9-15(3)10-12-17/h4-12,14,18,21H,13H2,1-3H3,(H,22,24)/t18-,21+/m1/s1. The molecule has 0 aromatic heterocycles. The van der Waals surface area contributed by atoms with Crippen LogP contribution in [0.2, 0.25) is 0 Å².